The van der Waals surface area contributed by atoms with Crippen molar-refractivity contribution < 1.29 is 17.9 Å². The van der Waals surface area contributed by atoms with Crippen LogP contribution in [-0.2, 0) is 19.6 Å². The van der Waals surface area contributed by atoms with E-state index in [-0.39, 0.29) is 6.42 Å². The minimum Gasteiger partial charge on any atom is -0.369 e. The lowest BCUT2D eigenvalue weighted by atomic mass is 10.1. The van der Waals surface area contributed by atoms with Crippen LogP contribution in [0.2, 0.25) is 0 Å². The highest BCUT2D eigenvalue weighted by atomic mass is 32.2. The van der Waals surface area contributed by atoms with Crippen LogP contribution in [0, 0.1) is 0 Å². The molecule has 2 atom stereocenters. The van der Waals surface area contributed by atoms with Crippen molar-refractivity contribution in [2.75, 3.05) is 6.26 Å². The summed E-state index contributed by atoms with van der Waals surface area (Å²) >= 11 is 0. The molecule has 0 spiro atoms. The van der Waals surface area contributed by atoms with Gasteiger partial charge >= 0.3 is 0 Å². The average Bonchev–Trinajstić information content (AvgIpc) is 3.33. The quantitative estimate of drug-likeness (QED) is 0.252. The first-order valence-electron chi connectivity index (χ1n) is 10.0. The Balaban J connectivity index is 1.96. The molecule has 1 N–H and O–H groups in total. The highest BCUT2D eigenvalue weighted by Crippen LogP contribution is 2.29. The van der Waals surface area contributed by atoms with Crippen LogP contribution in [-0.4, -0.2) is 32.8 Å². The molecule has 1 saturated heterocycles. The normalized spacial score (nSPS) is 20.1. The van der Waals surface area contributed by atoms with E-state index in [4.69, 9.17) is 4.74 Å². The summed E-state index contributed by atoms with van der Waals surface area (Å²) < 4.78 is 29.4. The maximum absolute atomic E-state index is 11.3. The van der Waals surface area contributed by atoms with Gasteiger partial charge in [-0.1, -0.05) is 56.2 Å². The zero-order chi connectivity index (χ0) is 20.0. The SMILES string of the molecule is CCCCC/C=C\CC1OC1C/C=C\C/C=C\CCCC(=O)NS(C)(=O)=O. The van der Waals surface area contributed by atoms with E-state index >= 15 is 0 Å². The fourth-order valence-electron chi connectivity index (χ4n) is 2.71. The Kier molecular flexibility index (Phi) is 12.0. The molecule has 2 unspecified atom stereocenters. The van der Waals surface area contributed by atoms with Gasteiger partial charge in [-0.15, -0.1) is 0 Å². The largest absolute Gasteiger partial charge is 0.369 e. The molecule has 0 bridgehead atoms. The summed E-state index contributed by atoms with van der Waals surface area (Å²) in [6.45, 7) is 2.22. The van der Waals surface area contributed by atoms with Gasteiger partial charge in [0, 0.05) is 6.42 Å². The molecule has 1 aliphatic heterocycles. The van der Waals surface area contributed by atoms with E-state index in [9.17, 15) is 13.2 Å². The van der Waals surface area contributed by atoms with Gasteiger partial charge in [0.2, 0.25) is 15.9 Å². The molecule has 5 nitrogen and oxygen atoms in total. The molecule has 0 aromatic carbocycles. The molecular weight excluding hydrogens is 362 g/mol. The minimum atomic E-state index is -3.44. The first-order chi connectivity index (χ1) is 12.9. The molecule has 154 valence electrons. The third-order valence-electron chi connectivity index (χ3n) is 4.24. The van der Waals surface area contributed by atoms with Crippen LogP contribution in [0.5, 0.6) is 0 Å². The highest BCUT2D eigenvalue weighted by molar-refractivity contribution is 7.89. The summed E-state index contributed by atoms with van der Waals surface area (Å²) in [5, 5.41) is 0. The standard InChI is InChI=1S/C21H35NO4S/c1-3-4-5-6-10-13-16-19-20(26-19)17-14-11-8-7-9-12-15-18-21(23)22-27(2,24)25/h7,9-11,13-14,19-20H,3-6,8,12,15-18H2,1-2H3,(H,22,23)/b9-7-,13-10-,14-11-. The van der Waals surface area contributed by atoms with Gasteiger partial charge in [0.1, 0.15) is 0 Å². The Morgan fingerprint density at radius 1 is 0.926 bits per heavy atom. The maximum Gasteiger partial charge on any atom is 0.233 e. The van der Waals surface area contributed by atoms with E-state index in [1.807, 2.05) is 10.8 Å². The van der Waals surface area contributed by atoms with Crippen molar-refractivity contribution in [3.63, 3.8) is 0 Å². The molecule has 0 aromatic heterocycles. The maximum atomic E-state index is 11.3. The van der Waals surface area contributed by atoms with Crippen molar-refractivity contribution in [3.8, 4) is 0 Å². The van der Waals surface area contributed by atoms with Crippen molar-refractivity contribution in [1.29, 1.82) is 0 Å². The number of sulfonamides is 1. The van der Waals surface area contributed by atoms with Gasteiger partial charge in [-0.3, -0.25) is 9.52 Å². The Morgan fingerprint density at radius 3 is 2.19 bits per heavy atom. The molecule has 27 heavy (non-hydrogen) atoms. The highest BCUT2D eigenvalue weighted by Gasteiger charge is 2.35. The molecule has 1 rings (SSSR count). The van der Waals surface area contributed by atoms with Gasteiger partial charge in [0.05, 0.1) is 18.5 Å². The fourth-order valence-corrected chi connectivity index (χ4v) is 3.23. The summed E-state index contributed by atoms with van der Waals surface area (Å²) in [6, 6.07) is 0. The van der Waals surface area contributed by atoms with Crippen molar-refractivity contribution in [1.82, 2.24) is 4.72 Å². The molecule has 0 radical (unpaired) electrons. The molecule has 0 saturated carbocycles. The van der Waals surface area contributed by atoms with Gasteiger partial charge in [-0.25, -0.2) is 8.42 Å². The predicted molar refractivity (Wildman–Crippen MR) is 111 cm³/mol. The fraction of sp³-hybridized carbons (Fsp3) is 0.667. The van der Waals surface area contributed by atoms with E-state index in [2.05, 4.69) is 37.3 Å². The predicted octanol–water partition coefficient (Wildman–Crippen LogP) is 4.42. The second-order valence-corrected chi connectivity index (χ2v) is 8.77. The van der Waals surface area contributed by atoms with Gasteiger partial charge in [-0.05, 0) is 44.9 Å². The lowest BCUT2D eigenvalue weighted by Crippen LogP contribution is -2.28. The molecular formula is C21H35NO4S. The second kappa shape index (κ2) is 13.7. The lowest BCUT2D eigenvalue weighted by Gasteiger charge is -2.00. The van der Waals surface area contributed by atoms with Crippen molar-refractivity contribution in [3.05, 3.63) is 36.5 Å². The Hall–Kier alpha value is -1.40. The Morgan fingerprint density at radius 2 is 1.52 bits per heavy atom. The number of hydrogen-bond acceptors (Lipinski definition) is 4. The summed E-state index contributed by atoms with van der Waals surface area (Å²) in [7, 11) is -3.44. The van der Waals surface area contributed by atoms with E-state index in [0.29, 0.717) is 18.6 Å². The molecule has 0 aromatic rings. The number of amides is 1. The number of carbonyl (C=O) groups is 1. The number of allylic oxidation sites excluding steroid dienone is 4. The van der Waals surface area contributed by atoms with Crippen molar-refractivity contribution >= 4 is 15.9 Å². The van der Waals surface area contributed by atoms with E-state index < -0.39 is 15.9 Å². The molecule has 1 aliphatic rings. The minimum absolute atomic E-state index is 0.223. The number of ether oxygens (including phenoxy) is 1. The average molecular weight is 398 g/mol. The molecule has 1 fully saturated rings. The summed E-state index contributed by atoms with van der Waals surface area (Å²) in [5.41, 5.74) is 0. The van der Waals surface area contributed by atoms with E-state index in [1.165, 1.54) is 25.7 Å². The van der Waals surface area contributed by atoms with Gasteiger partial charge in [-0.2, -0.15) is 0 Å². The molecule has 1 amide bonds. The molecule has 6 heteroatoms. The summed E-state index contributed by atoms with van der Waals surface area (Å²) in [6.07, 6.45) is 24.2. The van der Waals surface area contributed by atoms with Gasteiger partial charge in [0.15, 0.2) is 0 Å². The van der Waals surface area contributed by atoms with Crippen LogP contribution < -0.4 is 4.72 Å². The zero-order valence-electron chi connectivity index (χ0n) is 16.7. The molecule has 1 heterocycles. The molecule has 0 aliphatic carbocycles. The van der Waals surface area contributed by atoms with Crippen LogP contribution in [0.1, 0.15) is 71.1 Å². The number of unbranched alkanes of at least 4 members (excludes halogenated alkanes) is 4. The van der Waals surface area contributed by atoms with Crippen LogP contribution >= 0.6 is 0 Å². The van der Waals surface area contributed by atoms with Crippen LogP contribution in [0.25, 0.3) is 0 Å². The van der Waals surface area contributed by atoms with E-state index in [1.54, 1.807) is 0 Å². The van der Waals surface area contributed by atoms with Crippen LogP contribution in [0.4, 0.5) is 0 Å². The van der Waals surface area contributed by atoms with Crippen LogP contribution in [0.15, 0.2) is 36.5 Å². The summed E-state index contributed by atoms with van der Waals surface area (Å²) in [4.78, 5) is 11.3. The van der Waals surface area contributed by atoms with Crippen molar-refractivity contribution in [2.24, 2.45) is 0 Å². The third-order valence-corrected chi connectivity index (χ3v) is 4.84. The second-order valence-electron chi connectivity index (χ2n) is 7.02. The number of nitrogens with one attached hydrogen (secondary N) is 1. The topological polar surface area (TPSA) is 75.8 Å². The lowest BCUT2D eigenvalue weighted by molar-refractivity contribution is -0.119. The first-order valence-corrected chi connectivity index (χ1v) is 11.9. The van der Waals surface area contributed by atoms with E-state index in [0.717, 1.165) is 31.9 Å². The number of rotatable bonds is 15. The number of carbonyl (C=O) groups excluding carboxylic acids is 1. The number of hydrogen-bond donors (Lipinski definition) is 1. The van der Waals surface area contributed by atoms with Crippen LogP contribution in [0.3, 0.4) is 0 Å². The first kappa shape index (κ1) is 23.6. The Bertz CT molecular complexity index is 608. The summed E-state index contributed by atoms with van der Waals surface area (Å²) in [5.74, 6) is -0.444. The monoisotopic (exact) mass is 397 g/mol. The van der Waals surface area contributed by atoms with Crippen molar-refractivity contribution in [2.45, 2.75) is 83.3 Å². The third kappa shape index (κ3) is 14.3. The smallest absolute Gasteiger partial charge is 0.233 e. The Labute approximate surface area is 165 Å². The van der Waals surface area contributed by atoms with Gasteiger partial charge in [0.25, 0.3) is 0 Å². The number of epoxide rings is 1. The van der Waals surface area contributed by atoms with Gasteiger partial charge < -0.3 is 4.74 Å². The zero-order valence-corrected chi connectivity index (χ0v) is 17.5.